The van der Waals surface area contributed by atoms with E-state index in [9.17, 15) is 4.79 Å². The van der Waals surface area contributed by atoms with Gasteiger partial charge in [0.05, 0.1) is 33.1 Å². The van der Waals surface area contributed by atoms with E-state index in [4.69, 9.17) is 14.2 Å². The van der Waals surface area contributed by atoms with Crippen LogP contribution in [0.5, 0.6) is 17.2 Å². The average Bonchev–Trinajstić information content (AvgIpc) is 3.29. The molecule has 1 aromatic heterocycles. The van der Waals surface area contributed by atoms with Gasteiger partial charge in [0.1, 0.15) is 22.9 Å². The minimum atomic E-state index is -0.371. The molecule has 3 aromatic rings. The molecule has 0 aliphatic carbocycles. The van der Waals surface area contributed by atoms with Crippen molar-refractivity contribution < 1.29 is 19.0 Å². The molecule has 1 atom stereocenters. The molecule has 0 unspecified atom stereocenters. The lowest BCUT2D eigenvalue weighted by Crippen LogP contribution is -2.21. The van der Waals surface area contributed by atoms with Gasteiger partial charge in [-0.2, -0.15) is 5.10 Å². The molecule has 2 N–H and O–H groups in total. The minimum absolute atomic E-state index is 0.194. The lowest BCUT2D eigenvalue weighted by Gasteiger charge is -2.17. The third kappa shape index (κ3) is 2.77. The number of hydrogen-bond acceptors (Lipinski definition) is 5. The van der Waals surface area contributed by atoms with Crippen molar-refractivity contribution in [1.82, 2.24) is 15.5 Å². The molecule has 0 fully saturated rings. The number of ether oxygens (including phenoxy) is 3. The number of aromatic nitrogens is 2. The second kappa shape index (κ2) is 6.68. The summed E-state index contributed by atoms with van der Waals surface area (Å²) >= 11 is 0. The summed E-state index contributed by atoms with van der Waals surface area (Å²) in [6, 6.07) is 12.7. The van der Waals surface area contributed by atoms with Crippen LogP contribution in [0.25, 0.3) is 11.3 Å². The van der Waals surface area contributed by atoms with Crippen molar-refractivity contribution in [2.24, 2.45) is 0 Å². The Hall–Kier alpha value is -3.48. The van der Waals surface area contributed by atoms with E-state index in [1.807, 2.05) is 36.4 Å². The molecule has 1 amide bonds. The van der Waals surface area contributed by atoms with E-state index in [0.717, 1.165) is 22.4 Å². The van der Waals surface area contributed by atoms with Crippen molar-refractivity contribution in [1.29, 1.82) is 0 Å². The molecule has 0 radical (unpaired) electrons. The molecule has 2 aromatic carbocycles. The first-order chi connectivity index (χ1) is 13.2. The van der Waals surface area contributed by atoms with Crippen molar-refractivity contribution in [3.63, 3.8) is 0 Å². The van der Waals surface area contributed by atoms with Crippen LogP contribution in [0.1, 0.15) is 27.7 Å². The highest BCUT2D eigenvalue weighted by molar-refractivity contribution is 6.00. The van der Waals surface area contributed by atoms with E-state index in [2.05, 4.69) is 15.5 Å². The number of benzene rings is 2. The molecule has 7 heteroatoms. The monoisotopic (exact) mass is 365 g/mol. The summed E-state index contributed by atoms with van der Waals surface area (Å²) in [7, 11) is 4.81. The minimum Gasteiger partial charge on any atom is -0.497 e. The second-order valence-corrected chi connectivity index (χ2v) is 6.10. The van der Waals surface area contributed by atoms with Crippen molar-refractivity contribution in [2.45, 2.75) is 6.04 Å². The van der Waals surface area contributed by atoms with Gasteiger partial charge in [0, 0.05) is 22.8 Å². The fourth-order valence-electron chi connectivity index (χ4n) is 3.34. The number of nitrogens with one attached hydrogen (secondary N) is 2. The Morgan fingerprint density at radius 2 is 1.63 bits per heavy atom. The van der Waals surface area contributed by atoms with Gasteiger partial charge in [-0.15, -0.1) is 0 Å². The standard InChI is InChI=1S/C20H19N3O4/c1-25-12-6-4-11(5-7-12)17-16-18(21-20(24)19(16)23-22-17)14-9-8-13(26-2)10-15(14)27-3/h4-10,18H,1-3H3,(H,21,24)(H,22,23)/t18-/m0/s1. The highest BCUT2D eigenvalue weighted by atomic mass is 16.5. The van der Waals surface area contributed by atoms with Gasteiger partial charge < -0.3 is 19.5 Å². The second-order valence-electron chi connectivity index (χ2n) is 6.10. The Morgan fingerprint density at radius 3 is 2.30 bits per heavy atom. The maximum Gasteiger partial charge on any atom is 0.270 e. The summed E-state index contributed by atoms with van der Waals surface area (Å²) in [6.07, 6.45) is 0. The van der Waals surface area contributed by atoms with E-state index < -0.39 is 0 Å². The summed E-state index contributed by atoms with van der Waals surface area (Å²) in [5.41, 5.74) is 3.70. The largest absolute Gasteiger partial charge is 0.497 e. The quantitative estimate of drug-likeness (QED) is 0.726. The Balaban J connectivity index is 1.82. The summed E-state index contributed by atoms with van der Waals surface area (Å²) in [5.74, 6) is 1.88. The van der Waals surface area contributed by atoms with E-state index >= 15 is 0 Å². The molecular formula is C20H19N3O4. The number of rotatable bonds is 5. The highest BCUT2D eigenvalue weighted by Crippen LogP contribution is 2.41. The maximum atomic E-state index is 12.4. The van der Waals surface area contributed by atoms with Gasteiger partial charge in [-0.25, -0.2) is 0 Å². The summed E-state index contributed by atoms with van der Waals surface area (Å²) in [5, 5.41) is 10.3. The Labute approximate surface area is 156 Å². The lowest BCUT2D eigenvalue weighted by atomic mass is 9.96. The van der Waals surface area contributed by atoms with Gasteiger partial charge in [0.2, 0.25) is 0 Å². The molecule has 138 valence electrons. The van der Waals surface area contributed by atoms with Crippen LogP contribution < -0.4 is 19.5 Å². The number of fused-ring (bicyclic) bond motifs is 1. The zero-order chi connectivity index (χ0) is 19.0. The van der Waals surface area contributed by atoms with Crippen molar-refractivity contribution in [3.8, 4) is 28.5 Å². The molecule has 2 heterocycles. The van der Waals surface area contributed by atoms with Crippen LogP contribution >= 0.6 is 0 Å². The molecule has 0 bridgehead atoms. The van der Waals surface area contributed by atoms with Crippen LogP contribution in [0.2, 0.25) is 0 Å². The SMILES string of the molecule is COc1ccc(-c2n[nH]c3c2[C@H](c2ccc(OC)cc2OC)NC3=O)cc1. The van der Waals surface area contributed by atoms with E-state index in [1.54, 1.807) is 27.4 Å². The fourth-order valence-corrected chi connectivity index (χ4v) is 3.34. The zero-order valence-corrected chi connectivity index (χ0v) is 15.2. The van der Waals surface area contributed by atoms with Crippen molar-refractivity contribution >= 4 is 5.91 Å². The predicted molar refractivity (Wildman–Crippen MR) is 99.4 cm³/mol. The van der Waals surface area contributed by atoms with Crippen LogP contribution in [0.3, 0.4) is 0 Å². The molecular weight excluding hydrogens is 346 g/mol. The number of amides is 1. The van der Waals surface area contributed by atoms with Gasteiger partial charge >= 0.3 is 0 Å². The van der Waals surface area contributed by atoms with Crippen LogP contribution in [0.15, 0.2) is 42.5 Å². The van der Waals surface area contributed by atoms with Crippen LogP contribution in [0, 0.1) is 0 Å². The third-order valence-corrected chi connectivity index (χ3v) is 4.71. The van der Waals surface area contributed by atoms with Gasteiger partial charge in [0.15, 0.2) is 0 Å². The fraction of sp³-hybridized carbons (Fsp3) is 0.200. The van der Waals surface area contributed by atoms with Gasteiger partial charge in [-0.05, 0) is 36.4 Å². The molecule has 0 saturated heterocycles. The first kappa shape index (κ1) is 17.0. The van der Waals surface area contributed by atoms with Crippen molar-refractivity contribution in [3.05, 3.63) is 59.3 Å². The van der Waals surface area contributed by atoms with Crippen LogP contribution in [-0.4, -0.2) is 37.4 Å². The first-order valence-corrected chi connectivity index (χ1v) is 8.41. The predicted octanol–water partition coefficient (Wildman–Crippen LogP) is 2.94. The van der Waals surface area contributed by atoms with E-state index in [0.29, 0.717) is 22.9 Å². The van der Waals surface area contributed by atoms with Crippen LogP contribution in [-0.2, 0) is 0 Å². The molecule has 4 rings (SSSR count). The number of methoxy groups -OCH3 is 3. The van der Waals surface area contributed by atoms with E-state index in [-0.39, 0.29) is 11.9 Å². The molecule has 0 spiro atoms. The highest BCUT2D eigenvalue weighted by Gasteiger charge is 2.37. The maximum absolute atomic E-state index is 12.4. The number of carbonyl (C=O) groups excluding carboxylic acids is 1. The number of nitrogens with zero attached hydrogens (tertiary/aromatic N) is 1. The average molecular weight is 365 g/mol. The summed E-state index contributed by atoms with van der Waals surface area (Å²) in [6.45, 7) is 0. The Morgan fingerprint density at radius 1 is 0.926 bits per heavy atom. The summed E-state index contributed by atoms with van der Waals surface area (Å²) in [4.78, 5) is 12.4. The summed E-state index contributed by atoms with van der Waals surface area (Å²) < 4.78 is 16.0. The molecule has 0 saturated carbocycles. The van der Waals surface area contributed by atoms with Crippen molar-refractivity contribution in [2.75, 3.05) is 21.3 Å². The van der Waals surface area contributed by atoms with Crippen LogP contribution in [0.4, 0.5) is 0 Å². The lowest BCUT2D eigenvalue weighted by molar-refractivity contribution is 0.0955. The number of aromatic amines is 1. The Bertz CT molecular complexity index is 995. The zero-order valence-electron chi connectivity index (χ0n) is 15.2. The van der Waals surface area contributed by atoms with Gasteiger partial charge in [0.25, 0.3) is 5.91 Å². The number of hydrogen-bond donors (Lipinski definition) is 2. The Kier molecular flexibility index (Phi) is 4.19. The third-order valence-electron chi connectivity index (χ3n) is 4.71. The first-order valence-electron chi connectivity index (χ1n) is 8.41. The molecule has 7 nitrogen and oxygen atoms in total. The van der Waals surface area contributed by atoms with Gasteiger partial charge in [-0.3, -0.25) is 9.89 Å². The molecule has 1 aliphatic heterocycles. The smallest absolute Gasteiger partial charge is 0.270 e. The number of H-pyrrole nitrogens is 1. The topological polar surface area (TPSA) is 85.5 Å². The normalized spacial score (nSPS) is 15.2. The van der Waals surface area contributed by atoms with Gasteiger partial charge in [-0.1, -0.05) is 0 Å². The van der Waals surface area contributed by atoms with E-state index in [1.165, 1.54) is 0 Å². The number of carbonyl (C=O) groups is 1. The molecule has 1 aliphatic rings. The molecule has 27 heavy (non-hydrogen) atoms.